The van der Waals surface area contributed by atoms with Gasteiger partial charge in [-0.2, -0.15) is 0 Å². The molecule has 1 aromatic rings. The third kappa shape index (κ3) is 4.42. The van der Waals surface area contributed by atoms with Gasteiger partial charge in [-0.05, 0) is 30.7 Å². The SMILES string of the molecule is CC.NCCc1ccc(S)cc1. The van der Waals surface area contributed by atoms with Crippen molar-refractivity contribution in [3.05, 3.63) is 29.8 Å². The van der Waals surface area contributed by atoms with Gasteiger partial charge in [0, 0.05) is 4.90 Å². The fraction of sp³-hybridized carbons (Fsp3) is 0.400. The van der Waals surface area contributed by atoms with Crippen molar-refractivity contribution in [2.24, 2.45) is 5.73 Å². The molecule has 0 saturated heterocycles. The van der Waals surface area contributed by atoms with Crippen LogP contribution in [0.2, 0.25) is 0 Å². The van der Waals surface area contributed by atoms with Crippen LogP contribution in [0.3, 0.4) is 0 Å². The molecular weight excluding hydrogens is 166 g/mol. The van der Waals surface area contributed by atoms with Crippen LogP contribution in [0.25, 0.3) is 0 Å². The summed E-state index contributed by atoms with van der Waals surface area (Å²) < 4.78 is 0. The van der Waals surface area contributed by atoms with E-state index in [0.29, 0.717) is 6.54 Å². The summed E-state index contributed by atoms with van der Waals surface area (Å²) in [6, 6.07) is 8.06. The van der Waals surface area contributed by atoms with E-state index in [1.54, 1.807) is 0 Å². The minimum Gasteiger partial charge on any atom is -0.330 e. The predicted octanol–water partition coefficient (Wildman–Crippen LogP) is 2.50. The predicted molar refractivity (Wildman–Crippen MR) is 57.8 cm³/mol. The highest BCUT2D eigenvalue weighted by Crippen LogP contribution is 2.07. The summed E-state index contributed by atoms with van der Waals surface area (Å²) in [5.74, 6) is 0. The first-order valence-corrected chi connectivity index (χ1v) is 4.75. The number of nitrogens with two attached hydrogens (primary N) is 1. The smallest absolute Gasteiger partial charge is 0.00401 e. The Hall–Kier alpha value is -0.470. The normalized spacial score (nSPS) is 8.67. The van der Waals surface area contributed by atoms with Crippen LogP contribution in [-0.2, 0) is 6.42 Å². The van der Waals surface area contributed by atoms with E-state index in [9.17, 15) is 0 Å². The Bertz CT molecular complexity index is 193. The minimum absolute atomic E-state index is 0.714. The van der Waals surface area contributed by atoms with E-state index in [-0.39, 0.29) is 0 Å². The lowest BCUT2D eigenvalue weighted by molar-refractivity contribution is 0.967. The molecule has 12 heavy (non-hydrogen) atoms. The average Bonchev–Trinajstić information content (AvgIpc) is 2.13. The molecule has 0 aliphatic rings. The second-order valence-electron chi connectivity index (χ2n) is 2.21. The minimum atomic E-state index is 0.714. The molecule has 0 aliphatic heterocycles. The fourth-order valence-electron chi connectivity index (χ4n) is 0.829. The van der Waals surface area contributed by atoms with Gasteiger partial charge in [0.1, 0.15) is 0 Å². The molecular formula is C10H17NS. The summed E-state index contributed by atoms with van der Waals surface area (Å²) in [5, 5.41) is 0. The lowest BCUT2D eigenvalue weighted by Gasteiger charge is -1.96. The molecule has 0 unspecified atom stereocenters. The molecule has 0 bridgehead atoms. The second kappa shape index (κ2) is 7.19. The van der Waals surface area contributed by atoms with Gasteiger partial charge in [-0.1, -0.05) is 26.0 Å². The van der Waals surface area contributed by atoms with Crippen molar-refractivity contribution in [2.45, 2.75) is 25.2 Å². The molecule has 0 aliphatic carbocycles. The van der Waals surface area contributed by atoms with Crippen LogP contribution in [0.5, 0.6) is 0 Å². The summed E-state index contributed by atoms with van der Waals surface area (Å²) in [7, 11) is 0. The summed E-state index contributed by atoms with van der Waals surface area (Å²) in [4.78, 5) is 1.00. The van der Waals surface area contributed by atoms with E-state index in [2.05, 4.69) is 24.8 Å². The van der Waals surface area contributed by atoms with Crippen LogP contribution in [0.1, 0.15) is 19.4 Å². The Morgan fingerprint density at radius 2 is 1.67 bits per heavy atom. The summed E-state index contributed by atoms with van der Waals surface area (Å²) in [5.41, 5.74) is 6.66. The number of thiol groups is 1. The number of hydrogen-bond donors (Lipinski definition) is 2. The Balaban J connectivity index is 0.000000561. The van der Waals surface area contributed by atoms with E-state index in [1.807, 2.05) is 26.0 Å². The maximum atomic E-state index is 5.38. The van der Waals surface area contributed by atoms with E-state index >= 15 is 0 Å². The van der Waals surface area contributed by atoms with Crippen molar-refractivity contribution >= 4 is 12.6 Å². The Morgan fingerprint density at radius 3 is 2.08 bits per heavy atom. The van der Waals surface area contributed by atoms with Gasteiger partial charge in [-0.3, -0.25) is 0 Å². The molecule has 0 amide bonds. The maximum Gasteiger partial charge on any atom is 0.00401 e. The molecule has 0 atom stereocenters. The molecule has 0 radical (unpaired) electrons. The maximum absolute atomic E-state index is 5.38. The van der Waals surface area contributed by atoms with Crippen LogP contribution in [-0.4, -0.2) is 6.54 Å². The van der Waals surface area contributed by atoms with Crippen molar-refractivity contribution in [1.29, 1.82) is 0 Å². The molecule has 0 heterocycles. The zero-order valence-corrected chi connectivity index (χ0v) is 8.64. The van der Waals surface area contributed by atoms with Crippen molar-refractivity contribution in [3.8, 4) is 0 Å². The number of rotatable bonds is 2. The van der Waals surface area contributed by atoms with Gasteiger partial charge in [0.2, 0.25) is 0 Å². The average molecular weight is 183 g/mol. The molecule has 0 spiro atoms. The molecule has 0 saturated carbocycles. The molecule has 2 heteroatoms. The van der Waals surface area contributed by atoms with E-state index in [4.69, 9.17) is 5.73 Å². The molecule has 68 valence electrons. The van der Waals surface area contributed by atoms with Gasteiger partial charge < -0.3 is 5.73 Å². The first-order chi connectivity index (χ1) is 5.83. The number of hydrogen-bond acceptors (Lipinski definition) is 2. The quantitative estimate of drug-likeness (QED) is 0.677. The largest absolute Gasteiger partial charge is 0.330 e. The van der Waals surface area contributed by atoms with Gasteiger partial charge >= 0.3 is 0 Å². The van der Waals surface area contributed by atoms with Gasteiger partial charge in [-0.15, -0.1) is 12.6 Å². The van der Waals surface area contributed by atoms with Crippen LogP contribution < -0.4 is 5.73 Å². The molecule has 1 aromatic carbocycles. The zero-order valence-electron chi connectivity index (χ0n) is 7.75. The number of benzene rings is 1. The van der Waals surface area contributed by atoms with Gasteiger partial charge in [0.25, 0.3) is 0 Å². The van der Waals surface area contributed by atoms with Crippen molar-refractivity contribution in [2.75, 3.05) is 6.54 Å². The van der Waals surface area contributed by atoms with E-state index in [1.165, 1.54) is 5.56 Å². The third-order valence-corrected chi connectivity index (χ3v) is 1.67. The van der Waals surface area contributed by atoms with Crippen LogP contribution in [0.4, 0.5) is 0 Å². The van der Waals surface area contributed by atoms with Gasteiger partial charge in [0.15, 0.2) is 0 Å². The lowest BCUT2D eigenvalue weighted by atomic mass is 10.2. The summed E-state index contributed by atoms with van der Waals surface area (Å²) in [6.45, 7) is 4.71. The van der Waals surface area contributed by atoms with Crippen LogP contribution >= 0.6 is 12.6 Å². The van der Waals surface area contributed by atoms with Crippen LogP contribution in [0.15, 0.2) is 29.2 Å². The molecule has 1 nitrogen and oxygen atoms in total. The standard InChI is InChI=1S/C8H11NS.C2H6/c9-6-5-7-1-3-8(10)4-2-7;1-2/h1-4,10H,5-6,9H2;1-2H3. The summed E-state index contributed by atoms with van der Waals surface area (Å²) >= 11 is 4.17. The molecule has 0 fully saturated rings. The van der Waals surface area contributed by atoms with Crippen molar-refractivity contribution < 1.29 is 0 Å². The van der Waals surface area contributed by atoms with E-state index < -0.39 is 0 Å². The van der Waals surface area contributed by atoms with Gasteiger partial charge in [-0.25, -0.2) is 0 Å². The second-order valence-corrected chi connectivity index (χ2v) is 2.72. The first-order valence-electron chi connectivity index (χ1n) is 4.31. The lowest BCUT2D eigenvalue weighted by Crippen LogP contribution is -2.01. The Morgan fingerprint density at radius 1 is 1.17 bits per heavy atom. The third-order valence-electron chi connectivity index (χ3n) is 1.37. The van der Waals surface area contributed by atoms with E-state index in [0.717, 1.165) is 11.3 Å². The fourth-order valence-corrected chi connectivity index (χ4v) is 0.978. The highest BCUT2D eigenvalue weighted by molar-refractivity contribution is 7.80. The first kappa shape index (κ1) is 11.5. The molecule has 0 aromatic heterocycles. The summed E-state index contributed by atoms with van der Waals surface area (Å²) in [6.07, 6.45) is 0.952. The highest BCUT2D eigenvalue weighted by atomic mass is 32.1. The topological polar surface area (TPSA) is 26.0 Å². The highest BCUT2D eigenvalue weighted by Gasteiger charge is 1.88. The zero-order chi connectivity index (χ0) is 9.40. The molecule has 1 rings (SSSR count). The Labute approximate surface area is 80.4 Å². The van der Waals surface area contributed by atoms with Crippen molar-refractivity contribution in [3.63, 3.8) is 0 Å². The Kier molecular flexibility index (Phi) is 6.91. The van der Waals surface area contributed by atoms with Crippen LogP contribution in [0, 0.1) is 0 Å². The molecule has 2 N–H and O–H groups in total. The monoisotopic (exact) mass is 183 g/mol. The van der Waals surface area contributed by atoms with Gasteiger partial charge in [0.05, 0.1) is 0 Å². The van der Waals surface area contributed by atoms with Crippen molar-refractivity contribution in [1.82, 2.24) is 0 Å².